The molecule has 0 N–H and O–H groups in total. The van der Waals surface area contributed by atoms with Gasteiger partial charge in [-0.25, -0.2) is 0 Å². The zero-order chi connectivity index (χ0) is 21.2. The minimum atomic E-state index is -0.0827. The highest BCUT2D eigenvalue weighted by Gasteiger charge is 2.08. The molecule has 0 unspecified atom stereocenters. The van der Waals surface area contributed by atoms with Crippen LogP contribution in [0.4, 0.5) is 0 Å². The predicted molar refractivity (Wildman–Crippen MR) is 116 cm³/mol. The molecule has 0 aromatic heterocycles. The molecule has 0 aliphatic heterocycles. The van der Waals surface area contributed by atoms with Gasteiger partial charge in [0.15, 0.2) is 0 Å². The van der Waals surface area contributed by atoms with E-state index in [9.17, 15) is 9.59 Å². The maximum absolute atomic E-state index is 11.7. The van der Waals surface area contributed by atoms with Gasteiger partial charge in [0.2, 0.25) is 0 Å². The highest BCUT2D eigenvalue weighted by atomic mass is 16.5. The van der Waals surface area contributed by atoms with Gasteiger partial charge in [-0.3, -0.25) is 9.59 Å². The standard InChI is InChI=1S/C24H46O4/c1-20(2)12-8-6-10-14-23(25)27-18-16-22(5)17-19-28-24(26)15-11-7-9-13-21(3)4/h20-22H,6-19H2,1-5H3. The molecule has 0 saturated heterocycles. The maximum Gasteiger partial charge on any atom is 0.305 e. The van der Waals surface area contributed by atoms with Crippen LogP contribution in [-0.2, 0) is 19.1 Å². The van der Waals surface area contributed by atoms with Crippen LogP contribution < -0.4 is 0 Å². The molecule has 0 aromatic rings. The number of esters is 2. The van der Waals surface area contributed by atoms with E-state index in [1.807, 2.05) is 0 Å². The number of hydrogen-bond acceptors (Lipinski definition) is 4. The summed E-state index contributed by atoms with van der Waals surface area (Å²) in [5.41, 5.74) is 0. The van der Waals surface area contributed by atoms with Crippen molar-refractivity contribution in [3.63, 3.8) is 0 Å². The Labute approximate surface area is 174 Å². The summed E-state index contributed by atoms with van der Waals surface area (Å²) in [6.07, 6.45) is 11.6. The molecule has 0 amide bonds. The average molecular weight is 399 g/mol. The van der Waals surface area contributed by atoms with Gasteiger partial charge >= 0.3 is 11.9 Å². The molecule has 0 aromatic carbocycles. The van der Waals surface area contributed by atoms with E-state index in [2.05, 4.69) is 34.6 Å². The molecule has 28 heavy (non-hydrogen) atoms. The van der Waals surface area contributed by atoms with E-state index < -0.39 is 0 Å². The van der Waals surface area contributed by atoms with Crippen LogP contribution in [-0.4, -0.2) is 25.2 Å². The lowest BCUT2D eigenvalue weighted by molar-refractivity contribution is -0.144. The van der Waals surface area contributed by atoms with Crippen molar-refractivity contribution in [3.05, 3.63) is 0 Å². The largest absolute Gasteiger partial charge is 0.466 e. The number of ether oxygens (including phenoxy) is 2. The van der Waals surface area contributed by atoms with E-state index >= 15 is 0 Å². The van der Waals surface area contributed by atoms with Crippen molar-refractivity contribution >= 4 is 11.9 Å². The molecule has 166 valence electrons. The molecule has 0 aliphatic carbocycles. The van der Waals surface area contributed by atoms with Crippen LogP contribution in [0.25, 0.3) is 0 Å². The van der Waals surface area contributed by atoms with Gasteiger partial charge in [0.05, 0.1) is 13.2 Å². The summed E-state index contributed by atoms with van der Waals surface area (Å²) in [4.78, 5) is 23.4. The third-order valence-electron chi connectivity index (χ3n) is 5.07. The highest BCUT2D eigenvalue weighted by Crippen LogP contribution is 2.12. The van der Waals surface area contributed by atoms with Crippen molar-refractivity contribution in [2.75, 3.05) is 13.2 Å². The number of unbranched alkanes of at least 4 members (excludes halogenated alkanes) is 4. The Balaban J connectivity index is 3.50. The monoisotopic (exact) mass is 398 g/mol. The van der Waals surface area contributed by atoms with Gasteiger partial charge in [0.25, 0.3) is 0 Å². The summed E-state index contributed by atoms with van der Waals surface area (Å²) >= 11 is 0. The van der Waals surface area contributed by atoms with Crippen molar-refractivity contribution in [2.24, 2.45) is 17.8 Å². The molecule has 4 heteroatoms. The van der Waals surface area contributed by atoms with Gasteiger partial charge in [-0.05, 0) is 43.4 Å². The summed E-state index contributed by atoms with van der Waals surface area (Å²) in [6.45, 7) is 12.0. The molecule has 0 bridgehead atoms. The van der Waals surface area contributed by atoms with E-state index in [-0.39, 0.29) is 11.9 Å². The van der Waals surface area contributed by atoms with Gasteiger partial charge < -0.3 is 9.47 Å². The van der Waals surface area contributed by atoms with Crippen molar-refractivity contribution in [1.82, 2.24) is 0 Å². The summed E-state index contributed by atoms with van der Waals surface area (Å²) < 4.78 is 10.6. The second-order valence-corrected chi connectivity index (χ2v) is 9.11. The lowest BCUT2D eigenvalue weighted by atomic mass is 10.0. The summed E-state index contributed by atoms with van der Waals surface area (Å²) in [7, 11) is 0. The highest BCUT2D eigenvalue weighted by molar-refractivity contribution is 5.69. The molecule has 0 saturated carbocycles. The van der Waals surface area contributed by atoms with Crippen LogP contribution in [0.2, 0.25) is 0 Å². The number of carbonyl (C=O) groups excluding carboxylic acids is 2. The van der Waals surface area contributed by atoms with Gasteiger partial charge in [-0.15, -0.1) is 0 Å². The number of rotatable bonds is 18. The second kappa shape index (κ2) is 18.0. The van der Waals surface area contributed by atoms with Crippen LogP contribution in [0.1, 0.15) is 112 Å². The molecule has 0 radical (unpaired) electrons. The van der Waals surface area contributed by atoms with Gasteiger partial charge in [0, 0.05) is 12.8 Å². The minimum Gasteiger partial charge on any atom is -0.466 e. The first-order chi connectivity index (χ1) is 13.3. The molecular formula is C24H46O4. The summed E-state index contributed by atoms with van der Waals surface area (Å²) in [6, 6.07) is 0. The SMILES string of the molecule is CC(C)CCCCCC(=O)OCCC(C)CCOC(=O)CCCCCC(C)C. The quantitative estimate of drug-likeness (QED) is 0.190. The Morgan fingerprint density at radius 2 is 0.964 bits per heavy atom. The zero-order valence-electron chi connectivity index (χ0n) is 19.3. The Hall–Kier alpha value is -1.06. The van der Waals surface area contributed by atoms with E-state index in [1.165, 1.54) is 25.7 Å². The topological polar surface area (TPSA) is 52.6 Å². The first-order valence-electron chi connectivity index (χ1n) is 11.6. The third kappa shape index (κ3) is 19.7. The zero-order valence-corrected chi connectivity index (χ0v) is 19.3. The first kappa shape index (κ1) is 26.9. The minimum absolute atomic E-state index is 0.0827. The normalized spacial score (nSPS) is 11.4. The van der Waals surface area contributed by atoms with E-state index in [4.69, 9.17) is 9.47 Å². The fourth-order valence-electron chi connectivity index (χ4n) is 3.03. The van der Waals surface area contributed by atoms with Crippen LogP contribution in [0.5, 0.6) is 0 Å². The van der Waals surface area contributed by atoms with Crippen LogP contribution in [0.3, 0.4) is 0 Å². The van der Waals surface area contributed by atoms with Gasteiger partial charge in [0.1, 0.15) is 0 Å². The van der Waals surface area contributed by atoms with Crippen LogP contribution in [0.15, 0.2) is 0 Å². The van der Waals surface area contributed by atoms with E-state index in [1.54, 1.807) is 0 Å². The van der Waals surface area contributed by atoms with Crippen molar-refractivity contribution < 1.29 is 19.1 Å². The van der Waals surface area contributed by atoms with E-state index in [0.717, 1.165) is 50.4 Å². The second-order valence-electron chi connectivity index (χ2n) is 9.11. The molecular weight excluding hydrogens is 352 g/mol. The molecule has 0 rings (SSSR count). The Morgan fingerprint density at radius 1 is 0.571 bits per heavy atom. The first-order valence-corrected chi connectivity index (χ1v) is 11.6. The smallest absolute Gasteiger partial charge is 0.305 e. The lowest BCUT2D eigenvalue weighted by Gasteiger charge is -2.12. The van der Waals surface area contributed by atoms with Gasteiger partial charge in [-0.2, -0.15) is 0 Å². The van der Waals surface area contributed by atoms with Crippen LogP contribution >= 0.6 is 0 Å². The Bertz CT molecular complexity index is 354. The fourth-order valence-corrected chi connectivity index (χ4v) is 3.03. The fraction of sp³-hybridized carbons (Fsp3) is 0.917. The van der Waals surface area contributed by atoms with Crippen molar-refractivity contribution in [1.29, 1.82) is 0 Å². The maximum atomic E-state index is 11.7. The molecule has 0 spiro atoms. The van der Waals surface area contributed by atoms with Crippen molar-refractivity contribution in [3.8, 4) is 0 Å². The molecule has 4 nitrogen and oxygen atoms in total. The van der Waals surface area contributed by atoms with Crippen molar-refractivity contribution in [2.45, 2.75) is 112 Å². The molecule has 0 heterocycles. The molecule has 0 atom stereocenters. The summed E-state index contributed by atoms with van der Waals surface area (Å²) in [5, 5.41) is 0. The van der Waals surface area contributed by atoms with E-state index in [0.29, 0.717) is 32.0 Å². The average Bonchev–Trinajstić information content (AvgIpc) is 2.60. The number of carbonyl (C=O) groups is 2. The predicted octanol–water partition coefficient (Wildman–Crippen LogP) is 6.70. The third-order valence-corrected chi connectivity index (χ3v) is 5.07. The Morgan fingerprint density at radius 3 is 1.32 bits per heavy atom. The number of hydrogen-bond donors (Lipinski definition) is 0. The summed E-state index contributed by atoms with van der Waals surface area (Å²) in [5.74, 6) is 1.70. The lowest BCUT2D eigenvalue weighted by Crippen LogP contribution is -2.12. The molecule has 0 aliphatic rings. The molecule has 0 fully saturated rings. The van der Waals surface area contributed by atoms with Gasteiger partial charge in [-0.1, -0.05) is 73.1 Å². The Kier molecular flexibility index (Phi) is 17.3. The van der Waals surface area contributed by atoms with Crippen LogP contribution in [0, 0.1) is 17.8 Å².